The topological polar surface area (TPSA) is 86.3 Å². The molecule has 0 radical (unpaired) electrons. The standard InChI is InChI=1S/C23H21F6N7O/c1-14-2-3-18(30-13-14)32-19-4-5-20(34-33-19)35-6-8-36(9-7-35)21(37)31-17-11-15(22(24,25)26)10-16(12-17)23(27,28)29/h2-5,10-13H,6-9H2,1H3,(H,31,37)(H,30,32,33). The average Bonchev–Trinajstić information content (AvgIpc) is 2.85. The van der Waals surface area contributed by atoms with Gasteiger partial charge in [0.05, 0.1) is 11.1 Å². The molecule has 14 heteroatoms. The summed E-state index contributed by atoms with van der Waals surface area (Å²) in [5, 5.41) is 13.5. The van der Waals surface area contributed by atoms with Crippen molar-refractivity contribution >= 4 is 29.2 Å². The van der Waals surface area contributed by atoms with Crippen LogP contribution in [0.25, 0.3) is 0 Å². The number of urea groups is 1. The predicted molar refractivity (Wildman–Crippen MR) is 124 cm³/mol. The molecule has 2 aromatic heterocycles. The number of amides is 2. The number of aromatic nitrogens is 3. The van der Waals surface area contributed by atoms with Crippen molar-refractivity contribution in [3.63, 3.8) is 0 Å². The van der Waals surface area contributed by atoms with Crippen molar-refractivity contribution in [2.75, 3.05) is 41.7 Å². The fourth-order valence-electron chi connectivity index (χ4n) is 3.60. The van der Waals surface area contributed by atoms with Gasteiger partial charge in [-0.25, -0.2) is 9.78 Å². The Bertz CT molecular complexity index is 1210. The Morgan fingerprint density at radius 3 is 1.97 bits per heavy atom. The van der Waals surface area contributed by atoms with Gasteiger partial charge in [0.15, 0.2) is 11.6 Å². The summed E-state index contributed by atoms with van der Waals surface area (Å²) >= 11 is 0. The first-order valence-electron chi connectivity index (χ1n) is 11.0. The van der Waals surface area contributed by atoms with E-state index in [1.807, 2.05) is 17.9 Å². The Labute approximate surface area is 207 Å². The molecule has 3 aromatic rings. The van der Waals surface area contributed by atoms with Crippen LogP contribution in [0.15, 0.2) is 48.7 Å². The zero-order chi connectivity index (χ0) is 26.8. The first kappa shape index (κ1) is 26.0. The van der Waals surface area contributed by atoms with E-state index in [0.717, 1.165) is 5.56 Å². The molecule has 1 aromatic carbocycles. The third-order valence-corrected chi connectivity index (χ3v) is 5.55. The third-order valence-electron chi connectivity index (χ3n) is 5.55. The number of nitrogens with zero attached hydrogens (tertiary/aromatic N) is 5. The fraction of sp³-hybridized carbons (Fsp3) is 0.304. The second-order valence-corrected chi connectivity index (χ2v) is 8.32. The number of nitrogens with one attached hydrogen (secondary N) is 2. The monoisotopic (exact) mass is 525 g/mol. The number of halogens is 6. The fourth-order valence-corrected chi connectivity index (χ4v) is 3.60. The Morgan fingerprint density at radius 2 is 1.46 bits per heavy atom. The Balaban J connectivity index is 1.36. The minimum absolute atomic E-state index is 0.00749. The van der Waals surface area contributed by atoms with Gasteiger partial charge in [0.2, 0.25) is 0 Å². The second-order valence-electron chi connectivity index (χ2n) is 8.32. The van der Waals surface area contributed by atoms with Crippen LogP contribution in [-0.4, -0.2) is 52.3 Å². The average molecular weight is 525 g/mol. The number of hydrogen-bond acceptors (Lipinski definition) is 6. The zero-order valence-electron chi connectivity index (χ0n) is 19.4. The summed E-state index contributed by atoms with van der Waals surface area (Å²) in [6.07, 6.45) is -8.30. The molecule has 0 saturated carbocycles. The molecule has 0 spiro atoms. The van der Waals surface area contributed by atoms with Crippen molar-refractivity contribution in [1.29, 1.82) is 0 Å². The molecular weight excluding hydrogens is 504 g/mol. The van der Waals surface area contributed by atoms with E-state index < -0.39 is 35.2 Å². The van der Waals surface area contributed by atoms with Crippen LogP contribution in [0.5, 0.6) is 0 Å². The number of alkyl halides is 6. The van der Waals surface area contributed by atoms with Crippen molar-refractivity contribution in [2.45, 2.75) is 19.3 Å². The molecule has 4 rings (SSSR count). The minimum Gasteiger partial charge on any atom is -0.352 e. The summed E-state index contributed by atoms with van der Waals surface area (Å²) in [5.74, 6) is 1.64. The molecule has 8 nitrogen and oxygen atoms in total. The van der Waals surface area contributed by atoms with Crippen LogP contribution in [-0.2, 0) is 12.4 Å². The maximum absolute atomic E-state index is 13.1. The molecule has 1 saturated heterocycles. The van der Waals surface area contributed by atoms with Crippen LogP contribution in [0, 0.1) is 6.92 Å². The summed E-state index contributed by atoms with van der Waals surface area (Å²) in [7, 11) is 0. The molecule has 0 bridgehead atoms. The lowest BCUT2D eigenvalue weighted by molar-refractivity contribution is -0.143. The number of hydrogen-bond donors (Lipinski definition) is 2. The lowest BCUT2D eigenvalue weighted by atomic mass is 10.1. The summed E-state index contributed by atoms with van der Waals surface area (Å²) in [6, 6.07) is 7.31. The number of aryl methyl sites for hydroxylation is 1. The van der Waals surface area contributed by atoms with Gasteiger partial charge >= 0.3 is 18.4 Å². The number of carbonyl (C=O) groups is 1. The van der Waals surface area contributed by atoms with Crippen LogP contribution in [0.3, 0.4) is 0 Å². The molecule has 2 N–H and O–H groups in total. The normalized spacial score (nSPS) is 14.5. The first-order valence-corrected chi connectivity index (χ1v) is 11.0. The highest BCUT2D eigenvalue weighted by Gasteiger charge is 2.37. The Morgan fingerprint density at radius 1 is 0.838 bits per heavy atom. The van der Waals surface area contributed by atoms with Gasteiger partial charge in [-0.1, -0.05) is 6.07 Å². The highest BCUT2D eigenvalue weighted by Crippen LogP contribution is 2.37. The van der Waals surface area contributed by atoms with E-state index in [9.17, 15) is 31.1 Å². The Kier molecular flexibility index (Phi) is 7.09. The predicted octanol–water partition coefficient (Wildman–Crippen LogP) is 5.32. The zero-order valence-corrected chi connectivity index (χ0v) is 19.4. The maximum Gasteiger partial charge on any atom is 0.416 e. The molecule has 37 heavy (non-hydrogen) atoms. The van der Waals surface area contributed by atoms with Gasteiger partial charge in [-0.15, -0.1) is 10.2 Å². The largest absolute Gasteiger partial charge is 0.416 e. The Hall–Kier alpha value is -4.10. The lowest BCUT2D eigenvalue weighted by Gasteiger charge is -2.35. The summed E-state index contributed by atoms with van der Waals surface area (Å²) in [4.78, 5) is 20.0. The second kappa shape index (κ2) is 10.1. The number of piperazine rings is 1. The molecule has 1 aliphatic rings. The van der Waals surface area contributed by atoms with E-state index in [-0.39, 0.29) is 19.2 Å². The van der Waals surface area contributed by atoms with Gasteiger partial charge in [-0.3, -0.25) is 0 Å². The van der Waals surface area contributed by atoms with Crippen molar-refractivity contribution in [1.82, 2.24) is 20.1 Å². The highest BCUT2D eigenvalue weighted by atomic mass is 19.4. The summed E-state index contributed by atoms with van der Waals surface area (Å²) in [5.41, 5.74) is -2.58. The molecule has 2 amide bonds. The van der Waals surface area contributed by atoms with Gasteiger partial charge in [0, 0.05) is 38.1 Å². The number of carbonyl (C=O) groups excluding carboxylic acids is 1. The molecule has 0 unspecified atom stereocenters. The molecule has 1 aliphatic heterocycles. The van der Waals surface area contributed by atoms with E-state index >= 15 is 0 Å². The number of pyridine rings is 1. The first-order chi connectivity index (χ1) is 17.4. The van der Waals surface area contributed by atoms with Crippen molar-refractivity contribution in [3.05, 3.63) is 65.4 Å². The van der Waals surface area contributed by atoms with Gasteiger partial charge in [-0.2, -0.15) is 26.3 Å². The van der Waals surface area contributed by atoms with Crippen molar-refractivity contribution < 1.29 is 31.1 Å². The van der Waals surface area contributed by atoms with E-state index in [1.165, 1.54) is 4.90 Å². The molecule has 196 valence electrons. The molecule has 1 fully saturated rings. The molecular formula is C23H21F6N7O. The van der Waals surface area contributed by atoms with E-state index in [0.29, 0.717) is 42.7 Å². The lowest BCUT2D eigenvalue weighted by Crippen LogP contribution is -2.50. The van der Waals surface area contributed by atoms with E-state index in [4.69, 9.17) is 0 Å². The van der Waals surface area contributed by atoms with Crippen molar-refractivity contribution in [3.8, 4) is 0 Å². The van der Waals surface area contributed by atoms with Gasteiger partial charge in [0.1, 0.15) is 5.82 Å². The van der Waals surface area contributed by atoms with Crippen LogP contribution >= 0.6 is 0 Å². The van der Waals surface area contributed by atoms with Gasteiger partial charge in [0.25, 0.3) is 0 Å². The van der Waals surface area contributed by atoms with Crippen LogP contribution < -0.4 is 15.5 Å². The number of benzene rings is 1. The van der Waals surface area contributed by atoms with E-state index in [1.54, 1.807) is 24.4 Å². The SMILES string of the molecule is Cc1ccc(Nc2ccc(N3CCN(C(=O)Nc4cc(C(F)(F)F)cc(C(F)(F)F)c4)CC3)nn2)nc1. The molecule has 0 atom stereocenters. The molecule has 0 aliphatic carbocycles. The highest BCUT2D eigenvalue weighted by molar-refractivity contribution is 5.89. The van der Waals surface area contributed by atoms with E-state index in [2.05, 4.69) is 25.8 Å². The maximum atomic E-state index is 13.1. The number of anilines is 4. The van der Waals surface area contributed by atoms with Crippen LogP contribution in [0.1, 0.15) is 16.7 Å². The minimum atomic E-state index is -5.00. The number of rotatable bonds is 4. The van der Waals surface area contributed by atoms with Crippen LogP contribution in [0.2, 0.25) is 0 Å². The van der Waals surface area contributed by atoms with Gasteiger partial charge in [-0.05, 0) is 48.9 Å². The smallest absolute Gasteiger partial charge is 0.352 e. The molecule has 3 heterocycles. The third kappa shape index (κ3) is 6.57. The summed E-state index contributed by atoms with van der Waals surface area (Å²) < 4.78 is 78.4. The van der Waals surface area contributed by atoms with Crippen molar-refractivity contribution in [2.24, 2.45) is 0 Å². The quantitative estimate of drug-likeness (QED) is 0.449. The van der Waals surface area contributed by atoms with Crippen LogP contribution in [0.4, 0.5) is 54.3 Å². The summed E-state index contributed by atoms with van der Waals surface area (Å²) in [6.45, 7) is 2.94. The van der Waals surface area contributed by atoms with Gasteiger partial charge < -0.3 is 20.4 Å².